The van der Waals surface area contributed by atoms with Crippen LogP contribution in [0, 0.1) is 5.41 Å². The van der Waals surface area contributed by atoms with Crippen LogP contribution in [0.4, 0.5) is 0 Å². The Morgan fingerprint density at radius 3 is 2.68 bits per heavy atom. The highest BCUT2D eigenvalue weighted by molar-refractivity contribution is 5.85. The molecule has 2 rings (SSSR count). The molecule has 1 aromatic heterocycles. The Hall–Kier alpha value is -0.650. The largest absolute Gasteiger partial charge is 0.338 e. The summed E-state index contributed by atoms with van der Waals surface area (Å²) in [5, 5.41) is 4.00. The van der Waals surface area contributed by atoms with E-state index in [2.05, 4.69) is 42.7 Å². The summed E-state index contributed by atoms with van der Waals surface area (Å²) < 4.78 is 5.29. The van der Waals surface area contributed by atoms with Crippen LogP contribution in [0.2, 0.25) is 0 Å². The van der Waals surface area contributed by atoms with Gasteiger partial charge in [0.05, 0.1) is 6.54 Å². The highest BCUT2D eigenvalue weighted by Crippen LogP contribution is 2.28. The van der Waals surface area contributed by atoms with Gasteiger partial charge in [-0.05, 0) is 11.8 Å². The third kappa shape index (κ3) is 3.91. The minimum atomic E-state index is 0. The van der Waals surface area contributed by atoms with Gasteiger partial charge in [0.1, 0.15) is 0 Å². The van der Waals surface area contributed by atoms with Crippen LogP contribution in [0.5, 0.6) is 0 Å². The molecule has 1 aliphatic rings. The molecule has 2 heterocycles. The Bertz CT molecular complexity index is 405. The Morgan fingerprint density at radius 1 is 1.47 bits per heavy atom. The Balaban J connectivity index is 0.00000180. The van der Waals surface area contributed by atoms with Gasteiger partial charge in [-0.1, -0.05) is 32.9 Å². The Kier molecular flexibility index (Phi) is 5.35. The zero-order valence-corrected chi connectivity index (χ0v) is 13.0. The molecule has 0 spiro atoms. The lowest BCUT2D eigenvalue weighted by Crippen LogP contribution is -2.52. The van der Waals surface area contributed by atoms with Gasteiger partial charge in [0.25, 0.3) is 0 Å². The van der Waals surface area contributed by atoms with Crippen LogP contribution in [0.3, 0.4) is 0 Å². The fourth-order valence-electron chi connectivity index (χ4n) is 2.38. The summed E-state index contributed by atoms with van der Waals surface area (Å²) in [6, 6.07) is 0.280. The van der Waals surface area contributed by atoms with Gasteiger partial charge in [0, 0.05) is 25.0 Å². The summed E-state index contributed by atoms with van der Waals surface area (Å²) >= 11 is 0. The highest BCUT2D eigenvalue weighted by Gasteiger charge is 2.33. The SMILES string of the molecule is CC(C)c1noc(CN2CCC(N)C(C)(C)C2)n1.Cl. The van der Waals surface area contributed by atoms with Gasteiger partial charge in [-0.25, -0.2) is 0 Å². The van der Waals surface area contributed by atoms with Crippen molar-refractivity contribution in [3.05, 3.63) is 11.7 Å². The monoisotopic (exact) mass is 288 g/mol. The molecule has 1 aromatic rings. The van der Waals surface area contributed by atoms with Crippen LogP contribution in [-0.2, 0) is 6.54 Å². The van der Waals surface area contributed by atoms with Crippen molar-refractivity contribution in [1.29, 1.82) is 0 Å². The van der Waals surface area contributed by atoms with Crippen molar-refractivity contribution in [1.82, 2.24) is 15.0 Å². The number of aromatic nitrogens is 2. The maximum atomic E-state index is 6.13. The van der Waals surface area contributed by atoms with Gasteiger partial charge in [0.15, 0.2) is 5.82 Å². The average molecular weight is 289 g/mol. The fourth-order valence-corrected chi connectivity index (χ4v) is 2.38. The normalized spacial score (nSPS) is 23.4. The smallest absolute Gasteiger partial charge is 0.240 e. The molecule has 0 aromatic carbocycles. The van der Waals surface area contributed by atoms with E-state index in [9.17, 15) is 0 Å². The predicted molar refractivity (Wildman–Crippen MR) is 77.3 cm³/mol. The van der Waals surface area contributed by atoms with Gasteiger partial charge in [-0.2, -0.15) is 4.98 Å². The molecule has 1 fully saturated rings. The second-order valence-electron chi connectivity index (χ2n) is 6.30. The van der Waals surface area contributed by atoms with E-state index in [1.807, 2.05) is 0 Å². The summed E-state index contributed by atoms with van der Waals surface area (Å²) in [6.07, 6.45) is 1.03. The lowest BCUT2D eigenvalue weighted by Gasteiger charge is -2.42. The van der Waals surface area contributed by atoms with Gasteiger partial charge < -0.3 is 10.3 Å². The van der Waals surface area contributed by atoms with Crippen LogP contribution in [0.15, 0.2) is 4.52 Å². The van der Waals surface area contributed by atoms with Crippen LogP contribution >= 0.6 is 12.4 Å². The van der Waals surface area contributed by atoms with E-state index in [0.717, 1.165) is 31.9 Å². The standard InChI is InChI=1S/C13H24N4O.ClH/c1-9(2)12-15-11(18-16-12)7-17-6-5-10(14)13(3,4)8-17;/h9-10H,5-8,14H2,1-4H3;1H. The highest BCUT2D eigenvalue weighted by atomic mass is 35.5. The predicted octanol–water partition coefficient (Wildman–Crippen LogP) is 2.17. The number of hydrogen-bond acceptors (Lipinski definition) is 5. The van der Waals surface area contributed by atoms with Crippen LogP contribution in [0.1, 0.15) is 51.7 Å². The molecule has 6 heteroatoms. The van der Waals surface area contributed by atoms with Crippen LogP contribution in [0.25, 0.3) is 0 Å². The molecular formula is C13H25ClN4O. The molecule has 2 N–H and O–H groups in total. The van der Waals surface area contributed by atoms with E-state index in [1.165, 1.54) is 0 Å². The minimum absolute atomic E-state index is 0. The third-order valence-corrected chi connectivity index (χ3v) is 3.75. The maximum Gasteiger partial charge on any atom is 0.240 e. The molecule has 5 nitrogen and oxygen atoms in total. The zero-order valence-electron chi connectivity index (χ0n) is 12.2. The van der Waals surface area contributed by atoms with E-state index < -0.39 is 0 Å². The maximum absolute atomic E-state index is 6.13. The summed E-state index contributed by atoms with van der Waals surface area (Å²) in [7, 11) is 0. The molecule has 1 unspecified atom stereocenters. The van der Waals surface area contributed by atoms with Crippen LogP contribution in [-0.4, -0.2) is 34.2 Å². The van der Waals surface area contributed by atoms with Crippen molar-refractivity contribution in [2.75, 3.05) is 13.1 Å². The average Bonchev–Trinajstić information content (AvgIpc) is 2.72. The molecule has 0 saturated carbocycles. The number of nitrogens with zero attached hydrogens (tertiary/aromatic N) is 3. The second-order valence-corrected chi connectivity index (χ2v) is 6.30. The van der Waals surface area contributed by atoms with Gasteiger partial charge in [0.2, 0.25) is 5.89 Å². The minimum Gasteiger partial charge on any atom is -0.338 e. The van der Waals surface area contributed by atoms with Crippen molar-refractivity contribution in [2.45, 2.75) is 52.6 Å². The molecule has 0 amide bonds. The lowest BCUT2D eigenvalue weighted by molar-refractivity contribution is 0.0811. The first-order valence-electron chi connectivity index (χ1n) is 6.69. The molecule has 110 valence electrons. The molecule has 1 aliphatic heterocycles. The van der Waals surface area contributed by atoms with E-state index in [0.29, 0.717) is 11.8 Å². The zero-order chi connectivity index (χ0) is 13.3. The Morgan fingerprint density at radius 2 is 2.16 bits per heavy atom. The van der Waals surface area contributed by atoms with Crippen molar-refractivity contribution < 1.29 is 4.52 Å². The second kappa shape index (κ2) is 6.20. The molecule has 19 heavy (non-hydrogen) atoms. The summed E-state index contributed by atoms with van der Waals surface area (Å²) in [5.74, 6) is 1.82. The van der Waals surface area contributed by atoms with E-state index in [1.54, 1.807) is 0 Å². The first-order chi connectivity index (χ1) is 8.38. The van der Waals surface area contributed by atoms with E-state index in [4.69, 9.17) is 10.3 Å². The van der Waals surface area contributed by atoms with Gasteiger partial charge >= 0.3 is 0 Å². The summed E-state index contributed by atoms with van der Waals surface area (Å²) in [4.78, 5) is 6.77. The molecule has 1 saturated heterocycles. The summed E-state index contributed by atoms with van der Waals surface area (Å²) in [5.41, 5.74) is 6.29. The van der Waals surface area contributed by atoms with Crippen molar-refractivity contribution >= 4 is 12.4 Å². The van der Waals surface area contributed by atoms with Crippen molar-refractivity contribution in [3.8, 4) is 0 Å². The van der Waals surface area contributed by atoms with Gasteiger partial charge in [-0.3, -0.25) is 4.90 Å². The Labute approximate surface area is 121 Å². The topological polar surface area (TPSA) is 68.2 Å². The van der Waals surface area contributed by atoms with E-state index in [-0.39, 0.29) is 23.9 Å². The number of rotatable bonds is 3. The number of halogens is 1. The molecule has 0 bridgehead atoms. The van der Waals surface area contributed by atoms with Gasteiger partial charge in [-0.15, -0.1) is 12.4 Å². The fraction of sp³-hybridized carbons (Fsp3) is 0.846. The van der Waals surface area contributed by atoms with Crippen molar-refractivity contribution in [2.24, 2.45) is 11.1 Å². The molecular weight excluding hydrogens is 264 g/mol. The first-order valence-corrected chi connectivity index (χ1v) is 6.69. The molecule has 0 aliphatic carbocycles. The van der Waals surface area contributed by atoms with Crippen molar-refractivity contribution in [3.63, 3.8) is 0 Å². The first kappa shape index (κ1) is 16.4. The third-order valence-electron chi connectivity index (χ3n) is 3.75. The number of piperidine rings is 1. The lowest BCUT2D eigenvalue weighted by atomic mass is 9.80. The van der Waals surface area contributed by atoms with E-state index >= 15 is 0 Å². The molecule has 0 radical (unpaired) electrons. The quantitative estimate of drug-likeness (QED) is 0.923. The number of likely N-dealkylation sites (tertiary alicyclic amines) is 1. The summed E-state index contributed by atoms with van der Waals surface area (Å²) in [6.45, 7) is 11.3. The van der Waals surface area contributed by atoms with Crippen LogP contribution < -0.4 is 5.73 Å². The number of hydrogen-bond donors (Lipinski definition) is 1. The molecule has 1 atom stereocenters. The number of nitrogens with two attached hydrogens (primary N) is 1.